The first-order valence-electron chi connectivity index (χ1n) is 6.11. The number of ether oxygens (including phenoxy) is 1. The third-order valence-electron chi connectivity index (χ3n) is 2.71. The van der Waals surface area contributed by atoms with Crippen molar-refractivity contribution in [3.8, 4) is 0 Å². The Morgan fingerprint density at radius 1 is 1.27 bits per heavy atom. The number of halogens is 1. The molecule has 8 heteroatoms. The van der Waals surface area contributed by atoms with Crippen LogP contribution in [0.2, 0.25) is 5.15 Å². The number of nitrogens with zero attached hydrogens (tertiary/aromatic N) is 2. The summed E-state index contributed by atoms with van der Waals surface area (Å²) >= 11 is 7.30. The first-order chi connectivity index (χ1) is 10.5. The average molecular weight is 338 g/mol. The van der Waals surface area contributed by atoms with Crippen molar-refractivity contribution in [2.24, 2.45) is 0 Å². The van der Waals surface area contributed by atoms with E-state index in [1.165, 1.54) is 25.1 Å². The lowest BCUT2D eigenvalue weighted by atomic mass is 10.2. The third-order valence-corrected chi connectivity index (χ3v) is 3.56. The molecule has 0 unspecified atom stereocenters. The summed E-state index contributed by atoms with van der Waals surface area (Å²) in [6, 6.07) is 6.29. The van der Waals surface area contributed by atoms with Crippen molar-refractivity contribution >= 4 is 40.9 Å². The van der Waals surface area contributed by atoms with Crippen molar-refractivity contribution in [2.45, 2.75) is 5.16 Å². The van der Waals surface area contributed by atoms with Crippen molar-refractivity contribution < 1.29 is 14.3 Å². The molecule has 0 atom stereocenters. The highest BCUT2D eigenvalue weighted by Crippen LogP contribution is 2.18. The molecule has 0 fully saturated rings. The fraction of sp³-hybridized carbons (Fsp3) is 0.143. The smallest absolute Gasteiger partial charge is 0.337 e. The largest absolute Gasteiger partial charge is 0.465 e. The lowest BCUT2D eigenvalue weighted by Crippen LogP contribution is -2.14. The van der Waals surface area contributed by atoms with Gasteiger partial charge in [-0.1, -0.05) is 23.4 Å². The minimum absolute atomic E-state index is 0.0861. The minimum atomic E-state index is -0.443. The van der Waals surface area contributed by atoms with Gasteiger partial charge < -0.3 is 10.1 Å². The van der Waals surface area contributed by atoms with Crippen LogP contribution in [0, 0.1) is 0 Å². The molecule has 1 aromatic carbocycles. The Labute approximate surface area is 136 Å². The monoisotopic (exact) mass is 337 g/mol. The standard InChI is InChI=1S/C14H12ClN3O3S/c1-21-13(20)8-3-5-9(6-4-8)17-12(19)10-7-16-14(22-2)18-11(10)15/h3-7H,1-2H3,(H,17,19). The van der Waals surface area contributed by atoms with Crippen molar-refractivity contribution in [1.29, 1.82) is 0 Å². The van der Waals surface area contributed by atoms with Gasteiger partial charge in [0, 0.05) is 11.9 Å². The van der Waals surface area contributed by atoms with Crippen molar-refractivity contribution in [3.63, 3.8) is 0 Å². The zero-order valence-corrected chi connectivity index (χ0v) is 13.4. The number of thioether (sulfide) groups is 1. The second-order valence-corrected chi connectivity index (χ2v) is 5.22. The zero-order valence-electron chi connectivity index (χ0n) is 11.8. The number of nitrogens with one attached hydrogen (secondary N) is 1. The predicted octanol–water partition coefficient (Wildman–Crippen LogP) is 2.89. The maximum atomic E-state index is 12.1. The molecule has 0 saturated carbocycles. The Hall–Kier alpha value is -2.12. The molecule has 1 amide bonds. The number of amides is 1. The van der Waals surface area contributed by atoms with Gasteiger partial charge in [-0.25, -0.2) is 14.8 Å². The van der Waals surface area contributed by atoms with E-state index in [0.29, 0.717) is 16.4 Å². The van der Waals surface area contributed by atoms with Crippen molar-refractivity contribution in [3.05, 3.63) is 46.7 Å². The zero-order chi connectivity index (χ0) is 16.1. The van der Waals surface area contributed by atoms with Gasteiger partial charge in [0.1, 0.15) is 5.15 Å². The molecule has 0 aliphatic carbocycles. The van der Waals surface area contributed by atoms with E-state index in [1.807, 2.05) is 6.26 Å². The van der Waals surface area contributed by atoms with Gasteiger partial charge in [0.2, 0.25) is 0 Å². The number of carbonyl (C=O) groups excluding carboxylic acids is 2. The number of hydrogen-bond acceptors (Lipinski definition) is 6. The Bertz CT molecular complexity index is 707. The molecule has 114 valence electrons. The van der Waals surface area contributed by atoms with Crippen LogP contribution >= 0.6 is 23.4 Å². The Kier molecular flexibility index (Phi) is 5.35. The van der Waals surface area contributed by atoms with E-state index in [0.717, 1.165) is 0 Å². The summed E-state index contributed by atoms with van der Waals surface area (Å²) in [5.74, 6) is -0.870. The molecule has 2 aromatic rings. The molecule has 22 heavy (non-hydrogen) atoms. The molecule has 0 saturated heterocycles. The lowest BCUT2D eigenvalue weighted by molar-refractivity contribution is 0.0600. The fourth-order valence-electron chi connectivity index (χ4n) is 1.60. The summed E-state index contributed by atoms with van der Waals surface area (Å²) in [5.41, 5.74) is 1.09. The van der Waals surface area contributed by atoms with Crippen LogP contribution in [0.25, 0.3) is 0 Å². The van der Waals surface area contributed by atoms with Crippen LogP contribution < -0.4 is 5.32 Å². The third kappa shape index (κ3) is 3.75. The van der Waals surface area contributed by atoms with Gasteiger partial charge in [0.25, 0.3) is 5.91 Å². The highest BCUT2D eigenvalue weighted by Gasteiger charge is 2.14. The molecule has 0 bridgehead atoms. The number of methoxy groups -OCH3 is 1. The molecule has 6 nitrogen and oxygen atoms in total. The summed E-state index contributed by atoms with van der Waals surface area (Å²) in [7, 11) is 1.30. The quantitative estimate of drug-likeness (QED) is 0.400. The van der Waals surface area contributed by atoms with Gasteiger partial charge in [-0.15, -0.1) is 0 Å². The van der Waals surface area contributed by atoms with E-state index < -0.39 is 11.9 Å². The van der Waals surface area contributed by atoms with Crippen LogP contribution in [0.3, 0.4) is 0 Å². The van der Waals surface area contributed by atoms with E-state index in [2.05, 4.69) is 20.0 Å². The predicted molar refractivity (Wildman–Crippen MR) is 84.6 cm³/mol. The first-order valence-corrected chi connectivity index (χ1v) is 7.71. The molecular formula is C14H12ClN3O3S. The van der Waals surface area contributed by atoms with Gasteiger partial charge >= 0.3 is 5.97 Å². The number of carbonyl (C=O) groups is 2. The molecular weight excluding hydrogens is 326 g/mol. The Balaban J connectivity index is 2.13. The second-order valence-electron chi connectivity index (χ2n) is 4.08. The number of benzene rings is 1. The van der Waals surface area contributed by atoms with Crippen LogP contribution in [-0.4, -0.2) is 35.2 Å². The van der Waals surface area contributed by atoms with Gasteiger partial charge in [0.15, 0.2) is 5.16 Å². The maximum Gasteiger partial charge on any atom is 0.337 e. The molecule has 1 N–H and O–H groups in total. The summed E-state index contributed by atoms with van der Waals surface area (Å²) in [4.78, 5) is 31.5. The SMILES string of the molecule is COC(=O)c1ccc(NC(=O)c2cnc(SC)nc2Cl)cc1. The van der Waals surface area contributed by atoms with E-state index in [1.54, 1.807) is 24.3 Å². The number of hydrogen-bond donors (Lipinski definition) is 1. The second kappa shape index (κ2) is 7.24. The molecule has 0 aliphatic heterocycles. The van der Waals surface area contributed by atoms with Crippen LogP contribution in [0.1, 0.15) is 20.7 Å². The maximum absolute atomic E-state index is 12.1. The molecule has 0 spiro atoms. The van der Waals surface area contributed by atoms with Gasteiger partial charge in [-0.05, 0) is 30.5 Å². The number of aromatic nitrogens is 2. The number of rotatable bonds is 4. The molecule has 0 aliphatic rings. The van der Waals surface area contributed by atoms with Crippen molar-refractivity contribution in [2.75, 3.05) is 18.7 Å². The van der Waals surface area contributed by atoms with E-state index >= 15 is 0 Å². The number of anilines is 1. The molecule has 0 radical (unpaired) electrons. The van der Waals surface area contributed by atoms with Crippen LogP contribution in [0.4, 0.5) is 5.69 Å². The molecule has 1 heterocycles. The fourth-order valence-corrected chi connectivity index (χ4v) is 2.21. The van der Waals surface area contributed by atoms with E-state index in [-0.39, 0.29) is 10.7 Å². The minimum Gasteiger partial charge on any atom is -0.465 e. The number of esters is 1. The normalized spacial score (nSPS) is 10.1. The van der Waals surface area contributed by atoms with Crippen molar-refractivity contribution in [1.82, 2.24) is 9.97 Å². The summed E-state index contributed by atoms with van der Waals surface area (Å²) in [6.07, 6.45) is 3.19. The van der Waals surface area contributed by atoms with Crippen LogP contribution in [0.15, 0.2) is 35.6 Å². The van der Waals surface area contributed by atoms with Gasteiger partial charge in [-0.3, -0.25) is 4.79 Å². The lowest BCUT2D eigenvalue weighted by Gasteiger charge is -2.07. The highest BCUT2D eigenvalue weighted by atomic mass is 35.5. The van der Waals surface area contributed by atoms with Gasteiger partial charge in [0.05, 0.1) is 18.2 Å². The van der Waals surface area contributed by atoms with Gasteiger partial charge in [-0.2, -0.15) is 0 Å². The average Bonchev–Trinajstić information content (AvgIpc) is 2.54. The summed E-state index contributed by atoms with van der Waals surface area (Å²) in [5, 5.41) is 3.23. The summed E-state index contributed by atoms with van der Waals surface area (Å²) in [6.45, 7) is 0. The van der Waals surface area contributed by atoms with E-state index in [4.69, 9.17) is 11.6 Å². The first kappa shape index (κ1) is 16.3. The highest BCUT2D eigenvalue weighted by molar-refractivity contribution is 7.98. The molecule has 1 aromatic heterocycles. The summed E-state index contributed by atoms with van der Waals surface area (Å²) < 4.78 is 4.60. The Morgan fingerprint density at radius 3 is 2.50 bits per heavy atom. The van der Waals surface area contributed by atoms with E-state index in [9.17, 15) is 9.59 Å². The van der Waals surface area contributed by atoms with Crippen LogP contribution in [0.5, 0.6) is 0 Å². The topological polar surface area (TPSA) is 81.2 Å². The Morgan fingerprint density at radius 2 is 1.95 bits per heavy atom. The molecule has 2 rings (SSSR count). The van der Waals surface area contributed by atoms with Crippen LogP contribution in [-0.2, 0) is 4.74 Å².